The van der Waals surface area contributed by atoms with Crippen molar-refractivity contribution in [3.05, 3.63) is 40.9 Å². The van der Waals surface area contributed by atoms with Gasteiger partial charge in [-0.1, -0.05) is 11.6 Å². The highest BCUT2D eigenvalue weighted by molar-refractivity contribution is 6.30. The van der Waals surface area contributed by atoms with Crippen LogP contribution in [0.25, 0.3) is 5.57 Å². The molecule has 0 spiro atoms. The zero-order valence-corrected chi connectivity index (χ0v) is 8.58. The molecule has 0 saturated carbocycles. The topological polar surface area (TPSA) is 46.5 Å². The second-order valence-corrected chi connectivity index (χ2v) is 3.13. The van der Waals surface area contributed by atoms with Crippen molar-refractivity contribution in [1.82, 2.24) is 0 Å². The number of benzene rings is 1. The van der Waals surface area contributed by atoms with Gasteiger partial charge in [-0.25, -0.2) is 9.18 Å². The van der Waals surface area contributed by atoms with Crippen LogP contribution >= 0.6 is 11.6 Å². The normalized spacial score (nSPS) is 11.3. The number of aliphatic carboxylic acids is 1. The highest BCUT2D eigenvalue weighted by Gasteiger charge is 2.15. The molecule has 0 aromatic heterocycles. The predicted molar refractivity (Wildman–Crippen MR) is 54.0 cm³/mol. The van der Waals surface area contributed by atoms with E-state index < -0.39 is 11.8 Å². The standard InChI is InChI=1S/C10H8ClFO3/c1-15-5-8(10(13)14)7-3-2-6(11)4-9(7)12/h2-5H,1H3,(H,13,14)/b8-5-. The summed E-state index contributed by atoms with van der Waals surface area (Å²) in [7, 11) is 1.29. The summed E-state index contributed by atoms with van der Waals surface area (Å²) in [6, 6.07) is 3.74. The van der Waals surface area contributed by atoms with Crippen LogP contribution < -0.4 is 0 Å². The maximum absolute atomic E-state index is 13.3. The van der Waals surface area contributed by atoms with Gasteiger partial charge in [0.2, 0.25) is 0 Å². The summed E-state index contributed by atoms with van der Waals surface area (Å²) in [5.74, 6) is -1.97. The van der Waals surface area contributed by atoms with Crippen molar-refractivity contribution in [1.29, 1.82) is 0 Å². The molecule has 0 bridgehead atoms. The summed E-state index contributed by atoms with van der Waals surface area (Å²) >= 11 is 5.54. The first kappa shape index (κ1) is 11.5. The molecule has 0 aliphatic heterocycles. The maximum Gasteiger partial charge on any atom is 0.339 e. The van der Waals surface area contributed by atoms with Crippen molar-refractivity contribution in [3.8, 4) is 0 Å². The van der Waals surface area contributed by atoms with E-state index in [9.17, 15) is 9.18 Å². The van der Waals surface area contributed by atoms with Gasteiger partial charge in [0.1, 0.15) is 11.4 Å². The predicted octanol–water partition coefficient (Wildman–Crippen LogP) is 2.55. The summed E-state index contributed by atoms with van der Waals surface area (Å²) in [5, 5.41) is 9.01. The van der Waals surface area contributed by atoms with E-state index in [0.717, 1.165) is 12.3 Å². The minimum absolute atomic E-state index is 0.0613. The van der Waals surface area contributed by atoms with Gasteiger partial charge in [0.25, 0.3) is 0 Å². The molecule has 0 aliphatic carbocycles. The molecule has 0 unspecified atom stereocenters. The average Bonchev–Trinajstić information content (AvgIpc) is 2.15. The van der Waals surface area contributed by atoms with Gasteiger partial charge in [0.05, 0.1) is 13.4 Å². The Morgan fingerprint density at radius 2 is 2.27 bits per heavy atom. The van der Waals surface area contributed by atoms with Gasteiger partial charge < -0.3 is 9.84 Å². The number of ether oxygens (including phenoxy) is 1. The summed E-state index contributed by atoms with van der Waals surface area (Å²) in [6.07, 6.45) is 0.967. The van der Waals surface area contributed by atoms with Crippen LogP contribution in [0.1, 0.15) is 5.56 Å². The Bertz CT molecular complexity index is 415. The number of hydrogen-bond acceptors (Lipinski definition) is 2. The molecule has 0 atom stereocenters. The molecular weight excluding hydrogens is 223 g/mol. The molecule has 1 aromatic carbocycles. The molecule has 0 aliphatic rings. The van der Waals surface area contributed by atoms with Crippen molar-refractivity contribution in [3.63, 3.8) is 0 Å². The van der Waals surface area contributed by atoms with E-state index in [4.69, 9.17) is 16.7 Å². The van der Waals surface area contributed by atoms with Crippen LogP contribution in [0.2, 0.25) is 5.02 Å². The second-order valence-electron chi connectivity index (χ2n) is 2.70. The number of carboxylic acids is 1. The van der Waals surface area contributed by atoms with Crippen molar-refractivity contribution < 1.29 is 19.0 Å². The number of hydrogen-bond donors (Lipinski definition) is 1. The minimum Gasteiger partial charge on any atom is -0.503 e. The van der Waals surface area contributed by atoms with Gasteiger partial charge in [-0.3, -0.25) is 0 Å². The van der Waals surface area contributed by atoms with Crippen LogP contribution in [0.15, 0.2) is 24.5 Å². The van der Waals surface area contributed by atoms with E-state index in [1.54, 1.807) is 0 Å². The van der Waals surface area contributed by atoms with Crippen LogP contribution in [0.3, 0.4) is 0 Å². The molecule has 1 rings (SSSR count). The zero-order valence-electron chi connectivity index (χ0n) is 7.83. The molecule has 0 radical (unpaired) electrons. The summed E-state index contributed by atoms with van der Waals surface area (Å²) in [6.45, 7) is 0. The Morgan fingerprint density at radius 3 is 2.73 bits per heavy atom. The van der Waals surface area contributed by atoms with Crippen molar-refractivity contribution in [2.24, 2.45) is 0 Å². The Hall–Kier alpha value is -1.55. The SMILES string of the molecule is CO/C=C(\C(=O)O)c1ccc(Cl)cc1F. The smallest absolute Gasteiger partial charge is 0.339 e. The van der Waals surface area contributed by atoms with Gasteiger partial charge >= 0.3 is 5.97 Å². The molecule has 80 valence electrons. The lowest BCUT2D eigenvalue weighted by Gasteiger charge is -2.04. The summed E-state index contributed by atoms with van der Waals surface area (Å²) < 4.78 is 17.9. The van der Waals surface area contributed by atoms with Gasteiger partial charge in [-0.05, 0) is 18.2 Å². The van der Waals surface area contributed by atoms with E-state index in [2.05, 4.69) is 4.74 Å². The van der Waals surface area contributed by atoms with Crippen LogP contribution in [-0.2, 0) is 9.53 Å². The lowest BCUT2D eigenvalue weighted by Crippen LogP contribution is -2.02. The third kappa shape index (κ3) is 2.70. The fourth-order valence-corrected chi connectivity index (χ4v) is 1.21. The number of carbonyl (C=O) groups is 1. The van der Waals surface area contributed by atoms with Gasteiger partial charge in [0, 0.05) is 10.6 Å². The Morgan fingerprint density at radius 1 is 1.60 bits per heavy atom. The van der Waals surface area contributed by atoms with Gasteiger partial charge in [-0.2, -0.15) is 0 Å². The lowest BCUT2D eigenvalue weighted by atomic mass is 10.1. The number of carboxylic acid groups (broad SMARTS) is 1. The molecule has 0 fully saturated rings. The van der Waals surface area contributed by atoms with E-state index in [1.807, 2.05) is 0 Å². The van der Waals surface area contributed by atoms with Crippen LogP contribution in [0.5, 0.6) is 0 Å². The van der Waals surface area contributed by atoms with Crippen molar-refractivity contribution >= 4 is 23.1 Å². The first-order valence-corrected chi connectivity index (χ1v) is 4.35. The van der Waals surface area contributed by atoms with E-state index >= 15 is 0 Å². The Balaban J connectivity index is 3.24. The van der Waals surface area contributed by atoms with Gasteiger partial charge in [0.15, 0.2) is 0 Å². The molecule has 0 amide bonds. The van der Waals surface area contributed by atoms with E-state index in [1.165, 1.54) is 19.2 Å². The van der Waals surface area contributed by atoms with Crippen molar-refractivity contribution in [2.45, 2.75) is 0 Å². The number of halogens is 2. The summed E-state index contributed by atoms with van der Waals surface area (Å²) in [5.41, 5.74) is -0.319. The highest BCUT2D eigenvalue weighted by atomic mass is 35.5. The first-order chi connectivity index (χ1) is 7.06. The van der Waals surface area contributed by atoms with Crippen molar-refractivity contribution in [2.75, 3.05) is 7.11 Å². The zero-order chi connectivity index (χ0) is 11.4. The molecule has 1 N–H and O–H groups in total. The monoisotopic (exact) mass is 230 g/mol. The molecule has 5 heteroatoms. The van der Waals surface area contributed by atoms with Gasteiger partial charge in [-0.15, -0.1) is 0 Å². The third-order valence-corrected chi connectivity index (χ3v) is 1.92. The second kappa shape index (κ2) is 4.79. The van der Waals surface area contributed by atoms with Crippen LogP contribution in [-0.4, -0.2) is 18.2 Å². The number of methoxy groups -OCH3 is 1. The Kier molecular flexibility index (Phi) is 3.68. The lowest BCUT2D eigenvalue weighted by molar-refractivity contribution is -0.130. The fraction of sp³-hybridized carbons (Fsp3) is 0.100. The van der Waals surface area contributed by atoms with E-state index in [-0.39, 0.29) is 16.2 Å². The summed E-state index contributed by atoms with van der Waals surface area (Å²) in [4.78, 5) is 10.8. The largest absolute Gasteiger partial charge is 0.503 e. The quantitative estimate of drug-likeness (QED) is 0.641. The van der Waals surface area contributed by atoms with E-state index in [0.29, 0.717) is 0 Å². The fourth-order valence-electron chi connectivity index (χ4n) is 1.05. The molecular formula is C10H8ClFO3. The number of rotatable bonds is 3. The minimum atomic E-state index is -1.27. The Labute approximate surface area is 90.7 Å². The molecule has 3 nitrogen and oxygen atoms in total. The van der Waals surface area contributed by atoms with Crippen LogP contribution in [0.4, 0.5) is 4.39 Å². The first-order valence-electron chi connectivity index (χ1n) is 3.98. The molecule has 15 heavy (non-hydrogen) atoms. The highest BCUT2D eigenvalue weighted by Crippen LogP contribution is 2.21. The maximum atomic E-state index is 13.3. The molecule has 0 heterocycles. The van der Waals surface area contributed by atoms with Crippen LogP contribution in [0, 0.1) is 5.82 Å². The average molecular weight is 231 g/mol. The third-order valence-electron chi connectivity index (χ3n) is 1.69. The molecule has 0 saturated heterocycles. The molecule has 1 aromatic rings.